The molecule has 260 valence electrons. The van der Waals surface area contributed by atoms with E-state index in [0.29, 0.717) is 0 Å². The Bertz CT molecular complexity index is 3240. The molecule has 5 nitrogen and oxygen atoms in total. The van der Waals surface area contributed by atoms with E-state index in [0.717, 1.165) is 111 Å². The molecule has 0 saturated heterocycles. The van der Waals surface area contributed by atoms with E-state index in [4.69, 9.17) is 20.2 Å². The van der Waals surface area contributed by atoms with E-state index >= 15 is 0 Å². The van der Waals surface area contributed by atoms with Gasteiger partial charge in [-0.15, -0.1) is 10.2 Å². The van der Waals surface area contributed by atoms with Crippen LogP contribution >= 0.6 is 0 Å². The molecule has 0 fully saturated rings. The summed E-state index contributed by atoms with van der Waals surface area (Å²) in [5.74, 6) is 0. The average molecular weight is 714 g/mol. The molecule has 0 radical (unpaired) electrons. The fraction of sp³-hybridized carbons (Fsp3) is 0. The minimum Gasteiger partial charge on any atom is -0.248 e. The molecule has 1 aromatic heterocycles. The van der Waals surface area contributed by atoms with Crippen molar-refractivity contribution < 1.29 is 0 Å². The van der Waals surface area contributed by atoms with Crippen molar-refractivity contribution in [3.05, 3.63) is 209 Å². The molecule has 0 bridgehead atoms. The topological polar surface area (TPSA) is 63.4 Å². The van der Waals surface area contributed by atoms with Crippen LogP contribution in [-0.2, 0) is 0 Å². The minimum atomic E-state index is 0.742. The molecule has 0 N–H and O–H groups in total. The fourth-order valence-electron chi connectivity index (χ4n) is 8.43. The Labute approximate surface area is 323 Å². The molecule has 0 unspecified atom stereocenters. The maximum atomic E-state index is 5.26. The van der Waals surface area contributed by atoms with E-state index in [-0.39, 0.29) is 0 Å². The van der Waals surface area contributed by atoms with Gasteiger partial charge in [0.05, 0.1) is 22.1 Å². The maximum absolute atomic E-state index is 5.26. The number of aromatic nitrogens is 3. The normalized spacial score (nSPS) is 11.9. The lowest BCUT2D eigenvalue weighted by Crippen LogP contribution is -2.04. The Hall–Kier alpha value is -7.63. The van der Waals surface area contributed by atoms with Crippen molar-refractivity contribution in [2.75, 3.05) is 0 Å². The van der Waals surface area contributed by atoms with E-state index in [1.807, 2.05) is 18.2 Å². The van der Waals surface area contributed by atoms with E-state index in [9.17, 15) is 0 Å². The van der Waals surface area contributed by atoms with Gasteiger partial charge in [0.25, 0.3) is 0 Å². The monoisotopic (exact) mass is 713 g/mol. The van der Waals surface area contributed by atoms with Crippen LogP contribution in [-0.4, -0.2) is 15.4 Å². The van der Waals surface area contributed by atoms with E-state index in [1.54, 1.807) is 0 Å². The third kappa shape index (κ3) is 5.06. The van der Waals surface area contributed by atoms with Gasteiger partial charge in [0.15, 0.2) is 0 Å². The van der Waals surface area contributed by atoms with Gasteiger partial charge in [-0.3, -0.25) is 0 Å². The Kier molecular flexibility index (Phi) is 7.42. The van der Waals surface area contributed by atoms with Crippen molar-refractivity contribution >= 4 is 11.4 Å². The second-order valence-corrected chi connectivity index (χ2v) is 14.0. The minimum absolute atomic E-state index is 0.742. The molecule has 5 heteroatoms. The van der Waals surface area contributed by atoms with E-state index in [1.165, 1.54) is 0 Å². The summed E-state index contributed by atoms with van der Waals surface area (Å²) in [6.45, 7) is 0. The van der Waals surface area contributed by atoms with Crippen molar-refractivity contribution in [2.24, 2.45) is 9.98 Å². The molecular weight excluding hydrogens is 683 g/mol. The molecule has 0 amide bonds. The standard InChI is InChI=1S/C51H31N5/c1-4-16-32(17-5-1)35-22-10-12-25-38(35)46-41(29-31-43-47(46)48-44(52-43)30-28-40-37-24-14-15-27-42(37)53-49(40)48)51-45(34-20-8-3-9-21-34)50(54-56-55-51)39-26-13-11-23-36(39)33-18-6-2-7-19-33/h1-31H. The summed E-state index contributed by atoms with van der Waals surface area (Å²) in [6, 6.07) is 65.5. The van der Waals surface area contributed by atoms with Gasteiger partial charge in [-0.25, -0.2) is 9.98 Å². The Balaban J connectivity index is 1.27. The predicted molar refractivity (Wildman–Crippen MR) is 224 cm³/mol. The zero-order valence-electron chi connectivity index (χ0n) is 30.1. The van der Waals surface area contributed by atoms with Crippen LogP contribution in [0.2, 0.25) is 0 Å². The number of fused-ring (bicyclic) bond motifs is 6. The number of nitrogens with zero attached hydrogens (tertiary/aromatic N) is 5. The van der Waals surface area contributed by atoms with Crippen LogP contribution in [0.5, 0.6) is 0 Å². The number of rotatable bonds is 6. The largest absolute Gasteiger partial charge is 0.248 e. The summed E-state index contributed by atoms with van der Waals surface area (Å²) in [6.07, 6.45) is 0. The first-order valence-electron chi connectivity index (χ1n) is 18.8. The first kappa shape index (κ1) is 31.9. The van der Waals surface area contributed by atoms with Gasteiger partial charge in [0.1, 0.15) is 11.4 Å². The number of hydrogen-bond acceptors (Lipinski definition) is 5. The van der Waals surface area contributed by atoms with Crippen LogP contribution in [0.3, 0.4) is 0 Å². The quantitative estimate of drug-likeness (QED) is 0.172. The SMILES string of the molecule is c1ccc(-c2ccccc2-c2nnnc(-c3ccc4c(c3-c3ccccc3-c3ccccc3)-c3c5c(ccc3=N4)=c3ccccc3=N5)c2-c2ccccc2)cc1. The van der Waals surface area contributed by atoms with Crippen LogP contribution in [0.15, 0.2) is 198 Å². The second-order valence-electron chi connectivity index (χ2n) is 14.0. The van der Waals surface area contributed by atoms with Crippen molar-refractivity contribution in [1.29, 1.82) is 0 Å². The Morgan fingerprint density at radius 1 is 0.286 bits per heavy atom. The summed E-state index contributed by atoms with van der Waals surface area (Å²) < 4.78 is 0. The molecule has 56 heavy (non-hydrogen) atoms. The highest BCUT2D eigenvalue weighted by molar-refractivity contribution is 6.08. The number of hydrogen-bond donors (Lipinski definition) is 0. The maximum Gasteiger partial charge on any atom is 0.105 e. The summed E-state index contributed by atoms with van der Waals surface area (Å²) in [5, 5.41) is 18.5. The predicted octanol–water partition coefficient (Wildman–Crippen LogP) is 11.4. The van der Waals surface area contributed by atoms with Gasteiger partial charge in [0.2, 0.25) is 0 Å². The number of benzene rings is 8. The van der Waals surface area contributed by atoms with Gasteiger partial charge in [0, 0.05) is 43.8 Å². The van der Waals surface area contributed by atoms with Gasteiger partial charge in [-0.1, -0.05) is 158 Å². The van der Waals surface area contributed by atoms with Gasteiger partial charge in [-0.2, -0.15) is 0 Å². The van der Waals surface area contributed by atoms with Gasteiger partial charge < -0.3 is 0 Å². The molecule has 2 aliphatic rings. The molecular formula is C51H31N5. The highest BCUT2D eigenvalue weighted by Crippen LogP contribution is 2.52. The van der Waals surface area contributed by atoms with Crippen LogP contribution in [0.1, 0.15) is 0 Å². The zero-order valence-corrected chi connectivity index (χ0v) is 30.1. The van der Waals surface area contributed by atoms with Crippen molar-refractivity contribution in [2.45, 2.75) is 0 Å². The Morgan fingerprint density at radius 3 is 1.54 bits per heavy atom. The molecule has 3 heterocycles. The zero-order chi connectivity index (χ0) is 37.0. The molecule has 0 aliphatic carbocycles. The number of para-hydroxylation sites is 1. The molecule has 11 rings (SSSR count). The second kappa shape index (κ2) is 13.0. The smallest absolute Gasteiger partial charge is 0.105 e. The van der Waals surface area contributed by atoms with Crippen molar-refractivity contribution in [1.82, 2.24) is 15.4 Å². The lowest BCUT2D eigenvalue weighted by atomic mass is 9.83. The lowest BCUT2D eigenvalue weighted by Gasteiger charge is -2.21. The summed E-state index contributed by atoms with van der Waals surface area (Å²) in [5.41, 5.74) is 15.8. The summed E-state index contributed by atoms with van der Waals surface area (Å²) in [4.78, 5) is 10.5. The molecule has 0 atom stereocenters. The van der Waals surface area contributed by atoms with Gasteiger partial charge >= 0.3 is 0 Å². The molecule has 2 aliphatic heterocycles. The molecule has 0 spiro atoms. The molecule has 8 aromatic carbocycles. The highest BCUT2D eigenvalue weighted by atomic mass is 15.3. The van der Waals surface area contributed by atoms with Crippen LogP contribution in [0.4, 0.5) is 11.4 Å². The van der Waals surface area contributed by atoms with Crippen molar-refractivity contribution in [3.8, 4) is 78.1 Å². The first-order valence-corrected chi connectivity index (χ1v) is 18.8. The fourth-order valence-corrected chi connectivity index (χ4v) is 8.43. The third-order valence-corrected chi connectivity index (χ3v) is 10.9. The first-order chi connectivity index (χ1) is 27.8. The van der Waals surface area contributed by atoms with Crippen molar-refractivity contribution in [3.63, 3.8) is 0 Å². The van der Waals surface area contributed by atoms with E-state index < -0.39 is 0 Å². The summed E-state index contributed by atoms with van der Waals surface area (Å²) >= 11 is 0. The van der Waals surface area contributed by atoms with Crippen LogP contribution < -0.4 is 10.7 Å². The average Bonchev–Trinajstić information content (AvgIpc) is 3.85. The molecule has 0 saturated carbocycles. The van der Waals surface area contributed by atoms with E-state index in [2.05, 4.69) is 175 Å². The third-order valence-electron chi connectivity index (χ3n) is 10.9. The lowest BCUT2D eigenvalue weighted by molar-refractivity contribution is 0.879. The van der Waals surface area contributed by atoms with Gasteiger partial charge in [-0.05, 0) is 68.9 Å². The van der Waals surface area contributed by atoms with Crippen LogP contribution in [0, 0.1) is 10.4 Å². The highest BCUT2D eigenvalue weighted by Gasteiger charge is 2.30. The van der Waals surface area contributed by atoms with Crippen LogP contribution in [0.25, 0.3) is 78.1 Å². The molecule has 9 aromatic rings. The summed E-state index contributed by atoms with van der Waals surface area (Å²) in [7, 11) is 0. The Morgan fingerprint density at radius 2 is 0.839 bits per heavy atom.